The van der Waals surface area contributed by atoms with Crippen molar-refractivity contribution in [3.05, 3.63) is 35.4 Å². The van der Waals surface area contributed by atoms with Crippen LogP contribution in [0.5, 0.6) is 0 Å². The first-order valence-electron chi connectivity index (χ1n) is 13.7. The van der Waals surface area contributed by atoms with E-state index in [1.807, 2.05) is 32.5 Å². The summed E-state index contributed by atoms with van der Waals surface area (Å²) in [6.45, 7) is 7.41. The Morgan fingerprint density at radius 3 is 2.50 bits per heavy atom. The van der Waals surface area contributed by atoms with Crippen LogP contribution in [0, 0.1) is 5.41 Å². The van der Waals surface area contributed by atoms with E-state index < -0.39 is 11.9 Å². The van der Waals surface area contributed by atoms with Gasteiger partial charge in [0.15, 0.2) is 0 Å². The molecule has 40 heavy (non-hydrogen) atoms. The summed E-state index contributed by atoms with van der Waals surface area (Å²) in [7, 11) is 0. The number of urea groups is 1. The molecule has 0 bridgehead atoms. The number of carboxylic acid groups (broad SMARTS) is 1. The van der Waals surface area contributed by atoms with Crippen molar-refractivity contribution >= 4 is 35.6 Å². The predicted octanol–water partition coefficient (Wildman–Crippen LogP) is 2.83. The van der Waals surface area contributed by atoms with Gasteiger partial charge in [0.05, 0.1) is 49.1 Å². The average molecular weight is 580 g/mol. The van der Waals surface area contributed by atoms with E-state index in [0.717, 1.165) is 25.0 Å². The third-order valence-electron chi connectivity index (χ3n) is 6.90. The fourth-order valence-electron chi connectivity index (χ4n) is 4.51. The van der Waals surface area contributed by atoms with Gasteiger partial charge in [-0.15, -0.1) is 0 Å². The Morgan fingerprint density at radius 1 is 1.07 bits per heavy atom. The molecule has 2 aliphatic heterocycles. The first-order chi connectivity index (χ1) is 19.0. The molecule has 2 aliphatic rings. The minimum Gasteiger partial charge on any atom is -0.478 e. The number of ether oxygens (including phenoxy) is 3. The van der Waals surface area contributed by atoms with Crippen LogP contribution in [0.1, 0.15) is 67.2 Å². The molecule has 1 aromatic carbocycles. The third kappa shape index (κ3) is 9.97. The second-order valence-electron chi connectivity index (χ2n) is 11.0. The van der Waals surface area contributed by atoms with Gasteiger partial charge in [-0.2, -0.15) is 11.8 Å². The van der Waals surface area contributed by atoms with E-state index in [9.17, 15) is 19.2 Å². The Hall–Kier alpha value is -2.83. The van der Waals surface area contributed by atoms with Crippen molar-refractivity contribution in [3.63, 3.8) is 0 Å². The smallest absolute Gasteiger partial charge is 0.338 e. The standard InChI is InChI=1S/C28H41N3O8S/c1-28(2,3)22(16-39-26(35)19-10-8-18(9-11-19)25(33)34)38-15-14-37-13-12-29-23(32)7-5-4-6-21-24-20(17-40-21)30-27(36)31-24/h8-11,20-22,24H,4-7,12-17H2,1-3H3,(H,29,32)(H,33,34)(H2,30,31,36)/t20-,21?,22?,24-/m0/s1. The zero-order valence-corrected chi connectivity index (χ0v) is 24.2. The van der Waals surface area contributed by atoms with Crippen LogP contribution in [0.2, 0.25) is 0 Å². The molecule has 3 rings (SSSR count). The molecule has 4 N–H and O–H groups in total. The summed E-state index contributed by atoms with van der Waals surface area (Å²) in [5, 5.41) is 18.2. The number of benzene rings is 1. The van der Waals surface area contributed by atoms with E-state index in [4.69, 9.17) is 19.3 Å². The van der Waals surface area contributed by atoms with Crippen molar-refractivity contribution in [3.8, 4) is 0 Å². The molecule has 2 fully saturated rings. The quantitative estimate of drug-likeness (QED) is 0.132. The number of nitrogens with one attached hydrogen (secondary N) is 3. The Labute approximate surface area is 239 Å². The molecule has 12 heteroatoms. The van der Waals surface area contributed by atoms with Gasteiger partial charge in [0.25, 0.3) is 0 Å². The van der Waals surface area contributed by atoms with Crippen LogP contribution in [-0.2, 0) is 19.0 Å². The summed E-state index contributed by atoms with van der Waals surface area (Å²) in [5.41, 5.74) is 0.0753. The molecule has 4 atom stereocenters. The van der Waals surface area contributed by atoms with Gasteiger partial charge < -0.3 is 35.3 Å². The highest BCUT2D eigenvalue weighted by molar-refractivity contribution is 8.00. The van der Waals surface area contributed by atoms with Gasteiger partial charge in [0.1, 0.15) is 6.61 Å². The summed E-state index contributed by atoms with van der Waals surface area (Å²) in [6.07, 6.45) is 2.84. The molecular weight excluding hydrogens is 538 g/mol. The monoisotopic (exact) mass is 579 g/mol. The summed E-state index contributed by atoms with van der Waals surface area (Å²) in [4.78, 5) is 46.9. The molecule has 1 aromatic rings. The van der Waals surface area contributed by atoms with Gasteiger partial charge in [-0.1, -0.05) is 27.2 Å². The van der Waals surface area contributed by atoms with Crippen LogP contribution in [0.4, 0.5) is 4.79 Å². The number of amides is 3. The molecule has 2 heterocycles. The number of hydrogen-bond donors (Lipinski definition) is 4. The molecule has 0 spiro atoms. The zero-order valence-electron chi connectivity index (χ0n) is 23.4. The van der Waals surface area contributed by atoms with E-state index in [1.165, 1.54) is 24.3 Å². The Bertz CT molecular complexity index is 1010. The van der Waals surface area contributed by atoms with Crippen molar-refractivity contribution in [2.45, 2.75) is 69.9 Å². The van der Waals surface area contributed by atoms with E-state index in [0.29, 0.717) is 38.0 Å². The lowest BCUT2D eigenvalue weighted by Gasteiger charge is -2.30. The number of hydrogen-bond acceptors (Lipinski definition) is 8. The zero-order chi connectivity index (χ0) is 29.1. The highest BCUT2D eigenvalue weighted by atomic mass is 32.2. The molecule has 2 saturated heterocycles. The molecule has 0 saturated carbocycles. The van der Waals surface area contributed by atoms with Gasteiger partial charge in [0.2, 0.25) is 5.91 Å². The second kappa shape index (κ2) is 15.2. The van der Waals surface area contributed by atoms with Gasteiger partial charge >= 0.3 is 18.0 Å². The second-order valence-corrected chi connectivity index (χ2v) is 12.3. The van der Waals surface area contributed by atoms with Gasteiger partial charge in [-0.3, -0.25) is 4.79 Å². The van der Waals surface area contributed by atoms with E-state index >= 15 is 0 Å². The van der Waals surface area contributed by atoms with Crippen LogP contribution in [0.25, 0.3) is 0 Å². The SMILES string of the molecule is CC(C)(C)C(COC(=O)c1ccc(C(=O)O)cc1)OCCOCCNC(=O)CCCCC1SC[C@@H]2NC(=O)N[C@H]12. The molecule has 0 aliphatic carbocycles. The summed E-state index contributed by atoms with van der Waals surface area (Å²) in [6, 6.07) is 5.91. The number of rotatable bonds is 16. The highest BCUT2D eigenvalue weighted by Crippen LogP contribution is 2.33. The fourth-order valence-corrected chi connectivity index (χ4v) is 6.05. The van der Waals surface area contributed by atoms with Crippen LogP contribution in [0.3, 0.4) is 0 Å². The number of aromatic carboxylic acids is 1. The number of carbonyl (C=O) groups is 4. The van der Waals surface area contributed by atoms with Crippen molar-refractivity contribution in [2.75, 3.05) is 38.7 Å². The van der Waals surface area contributed by atoms with Crippen molar-refractivity contribution in [1.29, 1.82) is 0 Å². The minimum atomic E-state index is -1.06. The Balaban J connectivity index is 1.22. The summed E-state index contributed by atoms with van der Waals surface area (Å²) < 4.78 is 16.9. The van der Waals surface area contributed by atoms with Crippen LogP contribution in [-0.4, -0.2) is 91.1 Å². The number of carboxylic acids is 1. The molecule has 11 nitrogen and oxygen atoms in total. The van der Waals surface area contributed by atoms with Crippen molar-refractivity contribution in [1.82, 2.24) is 16.0 Å². The first-order valence-corrected chi connectivity index (χ1v) is 14.7. The number of unbranched alkanes of at least 4 members (excludes halogenated alkanes) is 1. The van der Waals surface area contributed by atoms with Crippen LogP contribution in [0.15, 0.2) is 24.3 Å². The van der Waals surface area contributed by atoms with Crippen molar-refractivity contribution < 1.29 is 38.5 Å². The maximum atomic E-state index is 12.4. The van der Waals surface area contributed by atoms with Gasteiger partial charge in [0, 0.05) is 24.0 Å². The number of fused-ring (bicyclic) bond motifs is 1. The van der Waals surface area contributed by atoms with E-state index in [1.54, 1.807) is 0 Å². The molecule has 3 amide bonds. The lowest BCUT2D eigenvalue weighted by Crippen LogP contribution is -2.36. The van der Waals surface area contributed by atoms with Gasteiger partial charge in [-0.05, 0) is 42.5 Å². The fraction of sp³-hybridized carbons (Fsp3) is 0.643. The van der Waals surface area contributed by atoms with E-state index in [-0.39, 0.29) is 53.3 Å². The Kier molecular flexibility index (Phi) is 12.1. The summed E-state index contributed by atoms with van der Waals surface area (Å²) in [5.74, 6) is -0.669. The maximum absolute atomic E-state index is 12.4. The third-order valence-corrected chi connectivity index (χ3v) is 8.40. The maximum Gasteiger partial charge on any atom is 0.338 e. The average Bonchev–Trinajstić information content (AvgIpc) is 3.46. The number of thioether (sulfide) groups is 1. The van der Waals surface area contributed by atoms with Gasteiger partial charge in [-0.25, -0.2) is 14.4 Å². The molecule has 2 unspecified atom stereocenters. The van der Waals surface area contributed by atoms with Crippen molar-refractivity contribution in [2.24, 2.45) is 5.41 Å². The Morgan fingerprint density at radius 2 is 1.80 bits per heavy atom. The van der Waals surface area contributed by atoms with Crippen LogP contribution < -0.4 is 16.0 Å². The lowest BCUT2D eigenvalue weighted by molar-refractivity contribution is -0.121. The number of carbonyl (C=O) groups excluding carboxylic acids is 3. The van der Waals surface area contributed by atoms with Crippen LogP contribution >= 0.6 is 11.8 Å². The summed E-state index contributed by atoms with van der Waals surface area (Å²) >= 11 is 1.88. The molecular formula is C28H41N3O8S. The highest BCUT2D eigenvalue weighted by Gasteiger charge is 2.42. The first kappa shape index (κ1) is 31.7. The topological polar surface area (TPSA) is 152 Å². The normalized spacial score (nSPS) is 20.8. The minimum absolute atomic E-state index is 0.000139. The molecule has 222 valence electrons. The predicted molar refractivity (Wildman–Crippen MR) is 151 cm³/mol. The largest absolute Gasteiger partial charge is 0.478 e. The lowest BCUT2D eigenvalue weighted by atomic mass is 9.89. The number of esters is 1. The van der Waals surface area contributed by atoms with E-state index in [2.05, 4.69) is 16.0 Å². The molecule has 0 aromatic heterocycles. The molecule has 0 radical (unpaired) electrons.